The summed E-state index contributed by atoms with van der Waals surface area (Å²) >= 11 is 0. The smallest absolute Gasteiger partial charge is 0.433 e. The molecule has 0 unspecified atom stereocenters. The van der Waals surface area contributed by atoms with E-state index in [1.807, 2.05) is 0 Å². The summed E-state index contributed by atoms with van der Waals surface area (Å²) in [5, 5.41) is 6.69. The highest BCUT2D eigenvalue weighted by Gasteiger charge is 2.36. The Bertz CT molecular complexity index is 1300. The quantitative estimate of drug-likeness (QED) is 0.526. The van der Waals surface area contributed by atoms with Crippen LogP contribution in [0.2, 0.25) is 0 Å². The molecule has 0 atom stereocenters. The van der Waals surface area contributed by atoms with Crippen molar-refractivity contribution in [3.05, 3.63) is 41.7 Å². The Morgan fingerprint density at radius 1 is 1.08 bits per heavy atom. The summed E-state index contributed by atoms with van der Waals surface area (Å²) < 4.78 is 57.9. The molecule has 3 heterocycles. The van der Waals surface area contributed by atoms with E-state index in [4.69, 9.17) is 14.2 Å². The third-order valence-corrected chi connectivity index (χ3v) is 5.99. The first-order valence-electron chi connectivity index (χ1n) is 11.6. The lowest BCUT2D eigenvalue weighted by molar-refractivity contribution is -0.142. The molecule has 0 bridgehead atoms. The van der Waals surface area contributed by atoms with Crippen molar-refractivity contribution in [1.82, 2.24) is 24.8 Å². The number of rotatable bonds is 6. The molecule has 37 heavy (non-hydrogen) atoms. The van der Waals surface area contributed by atoms with Crippen LogP contribution in [0.3, 0.4) is 0 Å². The fourth-order valence-corrected chi connectivity index (χ4v) is 4.11. The van der Waals surface area contributed by atoms with Crippen LogP contribution in [0.25, 0.3) is 16.9 Å². The molecular weight excluding hydrogens is 495 g/mol. The number of nitrogens with one attached hydrogen (secondary N) is 1. The van der Waals surface area contributed by atoms with Crippen molar-refractivity contribution < 1.29 is 37.0 Å². The maximum absolute atomic E-state index is 13.9. The summed E-state index contributed by atoms with van der Waals surface area (Å²) in [6.45, 7) is 2.77. The topological polar surface area (TPSA) is 107 Å². The summed E-state index contributed by atoms with van der Waals surface area (Å²) in [7, 11) is 2.87. The van der Waals surface area contributed by atoms with E-state index in [1.54, 1.807) is 24.0 Å². The number of alkyl halides is 3. The van der Waals surface area contributed by atoms with Gasteiger partial charge in [-0.1, -0.05) is 0 Å². The Labute approximate surface area is 210 Å². The SMILES string of the molecule is CCOC(=O)N1CCC(NC(=O)c2cc3nc(-c4ccc(OC)c(OC)c4)cc(C(F)(F)F)n3n2)CC1. The highest BCUT2D eigenvalue weighted by Crippen LogP contribution is 2.35. The number of aromatic nitrogens is 3. The van der Waals surface area contributed by atoms with Gasteiger partial charge >= 0.3 is 12.3 Å². The fourth-order valence-electron chi connectivity index (χ4n) is 4.11. The van der Waals surface area contributed by atoms with E-state index in [0.29, 0.717) is 47.5 Å². The van der Waals surface area contributed by atoms with Crippen LogP contribution in [0.1, 0.15) is 35.9 Å². The van der Waals surface area contributed by atoms with Crippen LogP contribution < -0.4 is 14.8 Å². The van der Waals surface area contributed by atoms with E-state index in [-0.39, 0.29) is 29.7 Å². The Kier molecular flexibility index (Phi) is 7.41. The lowest BCUT2D eigenvalue weighted by atomic mass is 10.1. The number of hydrogen-bond donors (Lipinski definition) is 1. The number of piperidine rings is 1. The van der Waals surface area contributed by atoms with Crippen LogP contribution in [-0.2, 0) is 10.9 Å². The molecule has 2 amide bonds. The molecular formula is C24H26F3N5O5. The molecule has 2 aromatic heterocycles. The molecule has 3 aromatic rings. The predicted octanol–water partition coefficient (Wildman–Crippen LogP) is 3.78. The van der Waals surface area contributed by atoms with Gasteiger partial charge in [-0.2, -0.15) is 18.3 Å². The summed E-state index contributed by atoms with van der Waals surface area (Å²) in [6, 6.07) is 6.46. The van der Waals surface area contributed by atoms with Crippen LogP contribution in [0.5, 0.6) is 11.5 Å². The molecule has 4 rings (SSSR count). The number of ether oxygens (including phenoxy) is 3. The van der Waals surface area contributed by atoms with Crippen LogP contribution in [0.15, 0.2) is 30.3 Å². The lowest BCUT2D eigenvalue weighted by Gasteiger charge is -2.31. The number of likely N-dealkylation sites (tertiary alicyclic amines) is 1. The van der Waals surface area contributed by atoms with Crippen LogP contribution in [-0.4, -0.2) is 71.5 Å². The third kappa shape index (κ3) is 5.54. The van der Waals surface area contributed by atoms with E-state index >= 15 is 0 Å². The zero-order chi connectivity index (χ0) is 26.7. The summed E-state index contributed by atoms with van der Waals surface area (Å²) in [5.74, 6) is 0.124. The number of halogens is 3. The maximum Gasteiger partial charge on any atom is 0.433 e. The molecule has 0 radical (unpaired) electrons. The highest BCUT2D eigenvalue weighted by molar-refractivity contribution is 5.93. The Morgan fingerprint density at radius 2 is 1.78 bits per heavy atom. The Morgan fingerprint density at radius 3 is 2.41 bits per heavy atom. The van der Waals surface area contributed by atoms with Gasteiger partial charge in [0.1, 0.15) is 0 Å². The zero-order valence-corrected chi connectivity index (χ0v) is 20.5. The zero-order valence-electron chi connectivity index (χ0n) is 20.5. The van der Waals surface area contributed by atoms with Gasteiger partial charge in [0.05, 0.1) is 26.5 Å². The molecule has 1 N–H and O–H groups in total. The van der Waals surface area contributed by atoms with Crippen molar-refractivity contribution in [3.8, 4) is 22.8 Å². The fraction of sp³-hybridized carbons (Fsp3) is 0.417. The molecule has 1 aliphatic heterocycles. The summed E-state index contributed by atoms with van der Waals surface area (Å²) in [5.41, 5.74) is -1.02. The van der Waals surface area contributed by atoms with Crippen LogP contribution in [0, 0.1) is 0 Å². The number of fused-ring (bicyclic) bond motifs is 1. The van der Waals surface area contributed by atoms with E-state index < -0.39 is 23.9 Å². The molecule has 1 aliphatic rings. The molecule has 1 fully saturated rings. The van der Waals surface area contributed by atoms with E-state index in [0.717, 1.165) is 6.07 Å². The number of carbonyl (C=O) groups excluding carboxylic acids is 2. The Hall–Kier alpha value is -4.03. The average molecular weight is 521 g/mol. The van der Waals surface area contributed by atoms with Gasteiger partial charge in [-0.3, -0.25) is 4.79 Å². The second-order valence-electron chi connectivity index (χ2n) is 8.33. The minimum atomic E-state index is -4.76. The minimum Gasteiger partial charge on any atom is -0.493 e. The molecule has 0 spiro atoms. The summed E-state index contributed by atoms with van der Waals surface area (Å²) in [6.07, 6.45) is -4.21. The van der Waals surface area contributed by atoms with Gasteiger partial charge in [-0.25, -0.2) is 14.3 Å². The van der Waals surface area contributed by atoms with Gasteiger partial charge in [0.2, 0.25) is 0 Å². The number of methoxy groups -OCH3 is 2. The number of amides is 2. The second-order valence-corrected chi connectivity index (χ2v) is 8.33. The monoisotopic (exact) mass is 521 g/mol. The standard InChI is InChI=1S/C24H26F3N5O5/c1-4-37-23(34)31-9-7-15(8-10-31)28-22(33)17-13-21-29-16(12-20(24(25,26)27)32(21)30-17)14-5-6-18(35-2)19(11-14)36-3/h5-6,11-13,15H,4,7-10H2,1-3H3,(H,28,33). The van der Waals surface area contributed by atoms with Crippen molar-refractivity contribution in [2.75, 3.05) is 33.9 Å². The van der Waals surface area contributed by atoms with Gasteiger partial charge in [-0.15, -0.1) is 0 Å². The lowest BCUT2D eigenvalue weighted by Crippen LogP contribution is -2.46. The van der Waals surface area contributed by atoms with Crippen molar-refractivity contribution in [2.45, 2.75) is 32.0 Å². The highest BCUT2D eigenvalue weighted by atomic mass is 19.4. The van der Waals surface area contributed by atoms with Crippen molar-refractivity contribution in [2.24, 2.45) is 0 Å². The molecule has 10 nitrogen and oxygen atoms in total. The normalized spacial score (nSPS) is 14.5. The van der Waals surface area contributed by atoms with Crippen LogP contribution >= 0.6 is 0 Å². The van der Waals surface area contributed by atoms with Crippen molar-refractivity contribution >= 4 is 17.6 Å². The number of hydrogen-bond acceptors (Lipinski definition) is 7. The average Bonchev–Trinajstić information content (AvgIpc) is 3.32. The molecule has 1 aromatic carbocycles. The number of nitrogens with zero attached hydrogens (tertiary/aromatic N) is 4. The molecule has 198 valence electrons. The largest absolute Gasteiger partial charge is 0.493 e. The minimum absolute atomic E-state index is 0.0268. The van der Waals surface area contributed by atoms with Gasteiger partial charge in [0.15, 0.2) is 28.5 Å². The second kappa shape index (κ2) is 10.5. The predicted molar refractivity (Wildman–Crippen MR) is 126 cm³/mol. The van der Waals surface area contributed by atoms with Gasteiger partial charge in [0, 0.05) is 30.8 Å². The summed E-state index contributed by atoms with van der Waals surface area (Å²) in [4.78, 5) is 30.6. The first-order chi connectivity index (χ1) is 17.6. The van der Waals surface area contributed by atoms with E-state index in [1.165, 1.54) is 26.4 Å². The van der Waals surface area contributed by atoms with E-state index in [9.17, 15) is 22.8 Å². The van der Waals surface area contributed by atoms with Crippen molar-refractivity contribution in [3.63, 3.8) is 0 Å². The molecule has 13 heteroatoms. The first kappa shape index (κ1) is 26.0. The maximum atomic E-state index is 13.9. The first-order valence-corrected chi connectivity index (χ1v) is 11.6. The Balaban J connectivity index is 1.60. The molecule has 0 saturated carbocycles. The van der Waals surface area contributed by atoms with Crippen molar-refractivity contribution in [1.29, 1.82) is 0 Å². The number of benzene rings is 1. The van der Waals surface area contributed by atoms with Gasteiger partial charge in [0.25, 0.3) is 5.91 Å². The third-order valence-electron chi connectivity index (χ3n) is 5.99. The van der Waals surface area contributed by atoms with E-state index in [2.05, 4.69) is 15.4 Å². The van der Waals surface area contributed by atoms with Gasteiger partial charge < -0.3 is 24.4 Å². The van der Waals surface area contributed by atoms with Crippen LogP contribution in [0.4, 0.5) is 18.0 Å². The molecule has 0 aliphatic carbocycles. The van der Waals surface area contributed by atoms with Gasteiger partial charge in [-0.05, 0) is 44.0 Å². The molecule has 1 saturated heterocycles. The number of carbonyl (C=O) groups is 2.